The Balaban J connectivity index is 0.00000256. The molecule has 1 unspecified atom stereocenters. The first-order valence-electron chi connectivity index (χ1n) is 10.1. The molecule has 0 radical (unpaired) electrons. The molecule has 1 aromatic heterocycles. The summed E-state index contributed by atoms with van der Waals surface area (Å²) in [5.41, 5.74) is 1.50. The van der Waals surface area contributed by atoms with Gasteiger partial charge in [-0.25, -0.2) is 9.78 Å². The fourth-order valence-corrected chi connectivity index (χ4v) is 3.32. The van der Waals surface area contributed by atoms with E-state index in [2.05, 4.69) is 4.98 Å². The van der Waals surface area contributed by atoms with Crippen LogP contribution in [0.4, 0.5) is 0 Å². The molecule has 7 nitrogen and oxygen atoms in total. The van der Waals surface area contributed by atoms with Crippen molar-refractivity contribution in [1.29, 1.82) is 0 Å². The summed E-state index contributed by atoms with van der Waals surface area (Å²) in [7, 11) is 0. The molecular weight excluding hydrogens is 391 g/mol. The minimum Gasteiger partial charge on any atom is -1.00 e. The van der Waals surface area contributed by atoms with Crippen LogP contribution in [0.1, 0.15) is 26.7 Å². The Morgan fingerprint density at radius 1 is 1.16 bits per heavy atom. The fourth-order valence-electron chi connectivity index (χ4n) is 3.32. The molecule has 160 valence electrons. The second-order valence-electron chi connectivity index (χ2n) is 6.83. The summed E-state index contributed by atoms with van der Waals surface area (Å²) < 4.78 is 12.7. The molecule has 1 heterocycles. The van der Waals surface area contributed by atoms with Gasteiger partial charge in [-0.05, 0) is 36.8 Å². The van der Waals surface area contributed by atoms with Crippen LogP contribution in [0.2, 0.25) is 0 Å². The van der Waals surface area contributed by atoms with E-state index in [4.69, 9.17) is 9.47 Å². The third-order valence-corrected chi connectivity index (χ3v) is 4.83. The Labute approximate surface area is 194 Å². The monoisotopic (exact) mass is 418 g/mol. The smallest absolute Gasteiger partial charge is 1.00 e. The molecule has 1 atom stereocenters. The van der Waals surface area contributed by atoms with E-state index >= 15 is 0 Å². The average Bonchev–Trinajstić information content (AvgIpc) is 2.75. The zero-order valence-corrected chi connectivity index (χ0v) is 18.2. The van der Waals surface area contributed by atoms with Crippen molar-refractivity contribution in [3.63, 3.8) is 0 Å². The van der Waals surface area contributed by atoms with Crippen molar-refractivity contribution in [1.82, 2.24) is 9.55 Å². The van der Waals surface area contributed by atoms with Gasteiger partial charge in [0, 0.05) is 19.4 Å². The third kappa shape index (κ3) is 6.20. The van der Waals surface area contributed by atoms with Crippen molar-refractivity contribution in [2.24, 2.45) is 0 Å². The number of aliphatic carboxylic acids is 1. The number of rotatable bonds is 10. The number of hydrogen-bond donors (Lipinski definition) is 1. The number of carboxylic acid groups (broad SMARTS) is 1. The molecule has 0 amide bonds. The molecule has 0 aliphatic rings. The van der Waals surface area contributed by atoms with E-state index in [0.717, 1.165) is 11.4 Å². The number of hydrogen-bond acceptors (Lipinski definition) is 5. The molecule has 0 aliphatic heterocycles. The number of benzene rings is 2. The molecule has 0 saturated carbocycles. The maximum atomic E-state index is 12.8. The summed E-state index contributed by atoms with van der Waals surface area (Å²) in [6.07, 6.45) is 0.0855. The van der Waals surface area contributed by atoms with Crippen LogP contribution in [0.3, 0.4) is 0 Å². The number of para-hydroxylation sites is 1. The molecule has 31 heavy (non-hydrogen) atoms. The normalized spacial score (nSPS) is 11.7. The first-order chi connectivity index (χ1) is 14.5. The number of aryl methyl sites for hydroxylation is 1. The number of nitrogens with zero attached hydrogens (tertiary/aromatic N) is 2. The van der Waals surface area contributed by atoms with Crippen molar-refractivity contribution in [2.45, 2.75) is 39.3 Å². The number of carboxylic acids is 1. The van der Waals surface area contributed by atoms with E-state index in [9.17, 15) is 14.7 Å². The molecule has 8 heteroatoms. The van der Waals surface area contributed by atoms with Crippen molar-refractivity contribution in [2.75, 3.05) is 13.2 Å². The quantitative estimate of drug-likeness (QED) is 0.473. The Bertz CT molecular complexity index is 1070. The van der Waals surface area contributed by atoms with Crippen LogP contribution in [0.5, 0.6) is 5.75 Å². The van der Waals surface area contributed by atoms with E-state index in [1.807, 2.05) is 37.3 Å². The topological polar surface area (TPSA) is 90.7 Å². The van der Waals surface area contributed by atoms with Gasteiger partial charge in [0.05, 0.1) is 17.4 Å². The van der Waals surface area contributed by atoms with Gasteiger partial charge in [-0.3, -0.25) is 9.36 Å². The molecule has 0 spiro atoms. The molecule has 0 bridgehead atoms. The van der Waals surface area contributed by atoms with Crippen LogP contribution >= 0.6 is 0 Å². The van der Waals surface area contributed by atoms with Gasteiger partial charge in [-0.15, -0.1) is 0 Å². The van der Waals surface area contributed by atoms with Gasteiger partial charge in [-0.2, -0.15) is 0 Å². The SMILES string of the molecule is CCOC(Cc1ccc(OCCn2c(CC)nc3ccccc3c2=O)cc1)C(=O)O.[H-].[Li+]. The molecule has 0 aliphatic carbocycles. The van der Waals surface area contributed by atoms with E-state index in [0.29, 0.717) is 49.3 Å². The van der Waals surface area contributed by atoms with Gasteiger partial charge in [-0.1, -0.05) is 31.2 Å². The average molecular weight is 418 g/mol. The van der Waals surface area contributed by atoms with Crippen LogP contribution in [0.15, 0.2) is 53.3 Å². The van der Waals surface area contributed by atoms with Crippen molar-refractivity contribution < 1.29 is 39.7 Å². The molecule has 3 aromatic rings. The van der Waals surface area contributed by atoms with Crippen molar-refractivity contribution in [3.8, 4) is 5.75 Å². The number of aromatic nitrogens is 2. The Kier molecular flexibility index (Phi) is 9.32. The fraction of sp³-hybridized carbons (Fsp3) is 0.348. The van der Waals surface area contributed by atoms with E-state index in [-0.39, 0.29) is 25.8 Å². The molecule has 0 saturated heterocycles. The van der Waals surface area contributed by atoms with Crippen molar-refractivity contribution in [3.05, 3.63) is 70.3 Å². The standard InChI is InChI=1S/C23H26N2O5.Li.H/c1-3-21-24-19-8-6-5-7-18(19)22(26)25(21)13-14-30-17-11-9-16(10-12-17)15-20(23(27)28)29-4-2;;/h5-12,20H,3-4,13-15H2,1-2H3,(H,27,28);;/q;+1;-1. The zero-order chi connectivity index (χ0) is 21.5. The summed E-state index contributed by atoms with van der Waals surface area (Å²) in [6, 6.07) is 14.6. The van der Waals surface area contributed by atoms with Crippen LogP contribution in [-0.2, 0) is 28.9 Å². The number of fused-ring (bicyclic) bond motifs is 1. The predicted octanol–water partition coefficient (Wildman–Crippen LogP) is 0.187. The first kappa shape index (κ1) is 24.7. The van der Waals surface area contributed by atoms with Gasteiger partial charge in [0.1, 0.15) is 18.2 Å². The maximum absolute atomic E-state index is 12.8. The van der Waals surface area contributed by atoms with Gasteiger partial charge in [0.15, 0.2) is 6.10 Å². The van der Waals surface area contributed by atoms with Crippen LogP contribution in [-0.4, -0.2) is 39.9 Å². The third-order valence-electron chi connectivity index (χ3n) is 4.83. The largest absolute Gasteiger partial charge is 1.00 e. The van der Waals surface area contributed by atoms with Crippen LogP contribution in [0, 0.1) is 0 Å². The maximum Gasteiger partial charge on any atom is 1.00 e. The second-order valence-corrected chi connectivity index (χ2v) is 6.83. The summed E-state index contributed by atoms with van der Waals surface area (Å²) in [5, 5.41) is 9.79. The zero-order valence-electron chi connectivity index (χ0n) is 19.2. The number of ether oxygens (including phenoxy) is 2. The minimum atomic E-state index is -0.974. The second kappa shape index (κ2) is 11.7. The van der Waals surface area contributed by atoms with Crippen LogP contribution < -0.4 is 29.2 Å². The molecule has 0 fully saturated rings. The van der Waals surface area contributed by atoms with Gasteiger partial charge < -0.3 is 16.0 Å². The number of carbonyl (C=O) groups is 1. The minimum absolute atomic E-state index is 0. The summed E-state index contributed by atoms with van der Waals surface area (Å²) in [4.78, 5) is 28.6. The van der Waals surface area contributed by atoms with Gasteiger partial charge in [0.2, 0.25) is 0 Å². The summed E-state index contributed by atoms with van der Waals surface area (Å²) in [6.45, 7) is 4.81. The molecular formula is C23H27LiN2O5. The summed E-state index contributed by atoms with van der Waals surface area (Å²) in [5.74, 6) is 0.411. The van der Waals surface area contributed by atoms with E-state index in [1.54, 1.807) is 29.7 Å². The van der Waals surface area contributed by atoms with Gasteiger partial charge >= 0.3 is 24.8 Å². The van der Waals surface area contributed by atoms with E-state index < -0.39 is 12.1 Å². The summed E-state index contributed by atoms with van der Waals surface area (Å²) >= 11 is 0. The Hall–Kier alpha value is -2.59. The Morgan fingerprint density at radius 3 is 2.52 bits per heavy atom. The first-order valence-corrected chi connectivity index (χ1v) is 10.1. The van der Waals surface area contributed by atoms with Gasteiger partial charge in [0.25, 0.3) is 5.56 Å². The van der Waals surface area contributed by atoms with E-state index in [1.165, 1.54) is 0 Å². The van der Waals surface area contributed by atoms with Crippen LogP contribution in [0.25, 0.3) is 10.9 Å². The molecule has 2 aromatic carbocycles. The van der Waals surface area contributed by atoms with Crippen molar-refractivity contribution >= 4 is 16.9 Å². The molecule has 3 rings (SSSR count). The molecule has 1 N–H and O–H groups in total. The Morgan fingerprint density at radius 2 is 1.87 bits per heavy atom. The predicted molar refractivity (Wildman–Crippen MR) is 115 cm³/mol.